The average molecular weight is 324 g/mol. The van der Waals surface area contributed by atoms with Crippen LogP contribution in [0.25, 0.3) is 0 Å². The van der Waals surface area contributed by atoms with Gasteiger partial charge in [-0.15, -0.1) is 0 Å². The molecule has 2 aromatic carbocycles. The Morgan fingerprint density at radius 2 is 1.67 bits per heavy atom. The number of hydrazone groups is 1. The summed E-state index contributed by atoms with van der Waals surface area (Å²) in [6.07, 6.45) is 1.49. The average Bonchev–Trinajstić information content (AvgIpc) is 2.61. The molecule has 0 unspecified atom stereocenters. The van der Waals surface area contributed by atoms with Crippen LogP contribution < -0.4 is 15.6 Å². The summed E-state index contributed by atoms with van der Waals surface area (Å²) in [6.45, 7) is 0.294. The van der Waals surface area contributed by atoms with Crippen LogP contribution >= 0.6 is 0 Å². The summed E-state index contributed by atoms with van der Waals surface area (Å²) in [5.41, 5.74) is 5.02. The highest BCUT2D eigenvalue weighted by Crippen LogP contribution is 2.10. The van der Waals surface area contributed by atoms with Crippen molar-refractivity contribution in [2.75, 3.05) is 19.0 Å². The predicted octanol–water partition coefficient (Wildman–Crippen LogP) is 1.52. The molecule has 0 bridgehead atoms. The van der Waals surface area contributed by atoms with Crippen LogP contribution in [0, 0.1) is 0 Å². The zero-order chi connectivity index (χ0) is 17.4. The fraction of sp³-hybridized carbons (Fsp3) is 0.167. The Labute approximate surface area is 141 Å². The Hall–Kier alpha value is -3.15. The topological polar surface area (TPSA) is 73.8 Å². The van der Waals surface area contributed by atoms with E-state index in [2.05, 4.69) is 15.8 Å². The van der Waals surface area contributed by atoms with Gasteiger partial charge in [-0.1, -0.05) is 42.5 Å². The SMILES string of the molecule is CN(C)c1ccc(/C=N\NC(=O)C(=O)NCc2ccccc2)cc1. The lowest BCUT2D eigenvalue weighted by Gasteiger charge is -2.11. The van der Waals surface area contributed by atoms with Gasteiger partial charge < -0.3 is 10.2 Å². The molecule has 0 heterocycles. The zero-order valence-corrected chi connectivity index (χ0v) is 13.7. The highest BCUT2D eigenvalue weighted by Gasteiger charge is 2.11. The van der Waals surface area contributed by atoms with E-state index in [-0.39, 0.29) is 0 Å². The number of anilines is 1. The van der Waals surface area contributed by atoms with Crippen LogP contribution in [0.2, 0.25) is 0 Å². The van der Waals surface area contributed by atoms with E-state index in [1.165, 1.54) is 6.21 Å². The Morgan fingerprint density at radius 3 is 2.29 bits per heavy atom. The van der Waals surface area contributed by atoms with Crippen molar-refractivity contribution < 1.29 is 9.59 Å². The minimum Gasteiger partial charge on any atom is -0.378 e. The van der Waals surface area contributed by atoms with E-state index in [0.717, 1.165) is 16.8 Å². The number of rotatable bonds is 5. The van der Waals surface area contributed by atoms with Crippen LogP contribution in [-0.2, 0) is 16.1 Å². The summed E-state index contributed by atoms with van der Waals surface area (Å²) in [6, 6.07) is 17.0. The zero-order valence-electron chi connectivity index (χ0n) is 13.7. The summed E-state index contributed by atoms with van der Waals surface area (Å²) in [4.78, 5) is 25.3. The molecule has 0 spiro atoms. The van der Waals surface area contributed by atoms with Crippen LogP contribution in [0.3, 0.4) is 0 Å². The van der Waals surface area contributed by atoms with E-state index < -0.39 is 11.8 Å². The van der Waals surface area contributed by atoms with Crippen LogP contribution in [0.5, 0.6) is 0 Å². The van der Waals surface area contributed by atoms with Crippen molar-refractivity contribution in [3.05, 3.63) is 65.7 Å². The van der Waals surface area contributed by atoms with Gasteiger partial charge in [-0.25, -0.2) is 5.43 Å². The third-order valence-electron chi connectivity index (χ3n) is 3.29. The van der Waals surface area contributed by atoms with Gasteiger partial charge in [-0.2, -0.15) is 5.10 Å². The molecule has 0 fully saturated rings. The fourth-order valence-electron chi connectivity index (χ4n) is 1.93. The van der Waals surface area contributed by atoms with Crippen molar-refractivity contribution in [3.63, 3.8) is 0 Å². The number of nitrogens with one attached hydrogen (secondary N) is 2. The quantitative estimate of drug-likeness (QED) is 0.497. The Morgan fingerprint density at radius 1 is 1.00 bits per heavy atom. The first-order valence-corrected chi connectivity index (χ1v) is 7.49. The number of carbonyl (C=O) groups is 2. The molecule has 6 nitrogen and oxygen atoms in total. The number of nitrogens with zero attached hydrogens (tertiary/aromatic N) is 2. The smallest absolute Gasteiger partial charge is 0.329 e. The standard InChI is InChI=1S/C18H20N4O2/c1-22(2)16-10-8-15(9-11-16)13-20-21-18(24)17(23)19-12-14-6-4-3-5-7-14/h3-11,13H,12H2,1-2H3,(H,19,23)(H,21,24)/b20-13-. The molecule has 0 aliphatic carbocycles. The van der Waals surface area contributed by atoms with Gasteiger partial charge in [0.15, 0.2) is 0 Å². The molecule has 0 saturated carbocycles. The largest absolute Gasteiger partial charge is 0.378 e. The Kier molecular flexibility index (Phi) is 6.08. The second-order valence-electron chi connectivity index (χ2n) is 5.35. The molecule has 2 rings (SSSR count). The molecule has 124 valence electrons. The molecule has 0 radical (unpaired) electrons. The van der Waals surface area contributed by atoms with Gasteiger partial charge in [0.25, 0.3) is 0 Å². The maximum Gasteiger partial charge on any atom is 0.329 e. The predicted molar refractivity (Wildman–Crippen MR) is 94.8 cm³/mol. The number of benzene rings is 2. The van der Waals surface area contributed by atoms with Crippen LogP contribution in [0.15, 0.2) is 59.7 Å². The minimum atomic E-state index is -0.799. The normalized spacial score (nSPS) is 10.4. The highest BCUT2D eigenvalue weighted by molar-refractivity contribution is 6.35. The molecule has 0 aromatic heterocycles. The number of hydrogen-bond donors (Lipinski definition) is 2. The van der Waals surface area contributed by atoms with Crippen molar-refractivity contribution in [1.29, 1.82) is 0 Å². The Balaban J connectivity index is 1.80. The lowest BCUT2D eigenvalue weighted by Crippen LogP contribution is -2.37. The van der Waals surface area contributed by atoms with Gasteiger partial charge in [0.05, 0.1) is 6.21 Å². The molecule has 0 saturated heterocycles. The summed E-state index contributed by atoms with van der Waals surface area (Å²) < 4.78 is 0. The molecular weight excluding hydrogens is 304 g/mol. The number of carbonyl (C=O) groups excluding carboxylic acids is 2. The maximum atomic E-state index is 11.7. The van der Waals surface area contributed by atoms with Gasteiger partial charge >= 0.3 is 11.8 Å². The molecular formula is C18H20N4O2. The molecule has 2 aromatic rings. The van der Waals surface area contributed by atoms with E-state index in [9.17, 15) is 9.59 Å². The molecule has 2 amide bonds. The third-order valence-corrected chi connectivity index (χ3v) is 3.29. The van der Waals surface area contributed by atoms with Gasteiger partial charge in [0.1, 0.15) is 0 Å². The molecule has 0 aliphatic heterocycles. The lowest BCUT2D eigenvalue weighted by molar-refractivity contribution is -0.139. The first-order valence-electron chi connectivity index (χ1n) is 7.49. The summed E-state index contributed by atoms with van der Waals surface area (Å²) >= 11 is 0. The van der Waals surface area contributed by atoms with Gasteiger partial charge in [0.2, 0.25) is 0 Å². The highest BCUT2D eigenvalue weighted by atomic mass is 16.2. The van der Waals surface area contributed by atoms with Crippen LogP contribution in [0.1, 0.15) is 11.1 Å². The van der Waals surface area contributed by atoms with E-state index in [4.69, 9.17) is 0 Å². The number of amides is 2. The molecule has 24 heavy (non-hydrogen) atoms. The van der Waals surface area contributed by atoms with E-state index in [0.29, 0.717) is 6.54 Å². The molecule has 0 aliphatic rings. The summed E-state index contributed by atoms with van der Waals surface area (Å²) in [7, 11) is 3.91. The van der Waals surface area contributed by atoms with Crippen LogP contribution in [-0.4, -0.2) is 32.1 Å². The van der Waals surface area contributed by atoms with Gasteiger partial charge in [0, 0.05) is 26.3 Å². The number of hydrogen-bond acceptors (Lipinski definition) is 4. The lowest BCUT2D eigenvalue weighted by atomic mass is 10.2. The molecule has 6 heteroatoms. The molecule has 0 atom stereocenters. The second kappa shape index (κ2) is 8.47. The van der Waals surface area contributed by atoms with Crippen molar-refractivity contribution in [2.45, 2.75) is 6.54 Å². The first kappa shape index (κ1) is 17.2. The van der Waals surface area contributed by atoms with E-state index in [1.807, 2.05) is 73.6 Å². The fourth-order valence-corrected chi connectivity index (χ4v) is 1.93. The van der Waals surface area contributed by atoms with Crippen LogP contribution in [0.4, 0.5) is 5.69 Å². The van der Waals surface area contributed by atoms with Crippen molar-refractivity contribution in [3.8, 4) is 0 Å². The minimum absolute atomic E-state index is 0.294. The van der Waals surface area contributed by atoms with Crippen molar-refractivity contribution in [2.24, 2.45) is 5.10 Å². The van der Waals surface area contributed by atoms with Crippen molar-refractivity contribution in [1.82, 2.24) is 10.7 Å². The van der Waals surface area contributed by atoms with Crippen molar-refractivity contribution >= 4 is 23.7 Å². The van der Waals surface area contributed by atoms with Gasteiger partial charge in [-0.3, -0.25) is 9.59 Å². The summed E-state index contributed by atoms with van der Waals surface area (Å²) in [5.74, 6) is -1.52. The maximum absolute atomic E-state index is 11.7. The first-order chi connectivity index (χ1) is 11.6. The second-order valence-corrected chi connectivity index (χ2v) is 5.35. The third kappa shape index (κ3) is 5.24. The monoisotopic (exact) mass is 324 g/mol. The Bertz CT molecular complexity index is 710. The van der Waals surface area contributed by atoms with Gasteiger partial charge in [-0.05, 0) is 23.3 Å². The molecule has 2 N–H and O–H groups in total. The van der Waals surface area contributed by atoms with E-state index in [1.54, 1.807) is 0 Å². The summed E-state index contributed by atoms with van der Waals surface area (Å²) in [5, 5.41) is 6.33. The van der Waals surface area contributed by atoms with E-state index >= 15 is 0 Å².